The van der Waals surface area contributed by atoms with Crippen LogP contribution in [0, 0.1) is 0 Å². The topological polar surface area (TPSA) is 55.9 Å². The molecule has 6 heteroatoms. The van der Waals surface area contributed by atoms with Gasteiger partial charge < -0.3 is 10.2 Å². The molecule has 0 atom stereocenters. The largest absolute Gasteiger partial charge is 0.338 e. The second kappa shape index (κ2) is 11.5. The number of benzene rings is 3. The maximum absolute atomic E-state index is 12.8. The molecule has 186 valence electrons. The zero-order valence-corrected chi connectivity index (χ0v) is 20.7. The first kappa shape index (κ1) is 24.2. The Kier molecular flexibility index (Phi) is 7.74. The molecule has 0 bridgehead atoms. The van der Waals surface area contributed by atoms with Gasteiger partial charge in [-0.1, -0.05) is 54.6 Å². The average molecular weight is 483 g/mol. The Morgan fingerprint density at radius 3 is 1.97 bits per heavy atom. The zero-order chi connectivity index (χ0) is 24.7. The Bertz CT molecular complexity index is 1170. The summed E-state index contributed by atoms with van der Waals surface area (Å²) in [5, 5.41) is 3.01. The summed E-state index contributed by atoms with van der Waals surface area (Å²) in [5.74, 6) is 0.0610. The molecule has 5 rings (SSSR count). The summed E-state index contributed by atoms with van der Waals surface area (Å²) in [4.78, 5) is 31.6. The maximum Gasteiger partial charge on any atom is 0.255 e. The van der Waals surface area contributed by atoms with Crippen molar-refractivity contribution in [2.75, 3.05) is 38.0 Å². The number of carbonyl (C=O) groups excluding carboxylic acids is 2. The molecular weight excluding hydrogens is 448 g/mol. The molecule has 2 saturated heterocycles. The highest BCUT2D eigenvalue weighted by Crippen LogP contribution is 2.18. The van der Waals surface area contributed by atoms with Crippen LogP contribution in [0.2, 0.25) is 0 Å². The Morgan fingerprint density at radius 1 is 0.694 bits per heavy atom. The Labute approximate surface area is 213 Å². The molecule has 0 spiro atoms. The van der Waals surface area contributed by atoms with Gasteiger partial charge in [0, 0.05) is 70.0 Å². The molecule has 36 heavy (non-hydrogen) atoms. The van der Waals surface area contributed by atoms with Crippen LogP contribution in [0.25, 0.3) is 0 Å². The van der Waals surface area contributed by atoms with E-state index in [1.165, 1.54) is 11.1 Å². The number of nitrogens with one attached hydrogen (secondary N) is 1. The molecule has 3 aromatic carbocycles. The van der Waals surface area contributed by atoms with E-state index in [-0.39, 0.29) is 11.8 Å². The van der Waals surface area contributed by atoms with Gasteiger partial charge >= 0.3 is 0 Å². The molecule has 2 aliphatic heterocycles. The van der Waals surface area contributed by atoms with Gasteiger partial charge in [-0.25, -0.2) is 0 Å². The van der Waals surface area contributed by atoms with E-state index in [2.05, 4.69) is 57.6 Å². The summed E-state index contributed by atoms with van der Waals surface area (Å²) in [6.07, 6.45) is 1.54. The highest BCUT2D eigenvalue weighted by atomic mass is 16.2. The van der Waals surface area contributed by atoms with Gasteiger partial charge in [-0.05, 0) is 47.4 Å². The molecule has 6 nitrogen and oxygen atoms in total. The van der Waals surface area contributed by atoms with Crippen molar-refractivity contribution in [3.8, 4) is 0 Å². The van der Waals surface area contributed by atoms with E-state index >= 15 is 0 Å². The predicted octanol–water partition coefficient (Wildman–Crippen LogP) is 4.38. The molecule has 0 aliphatic carbocycles. The first-order valence-electron chi connectivity index (χ1n) is 12.9. The van der Waals surface area contributed by atoms with Crippen molar-refractivity contribution >= 4 is 17.5 Å². The fraction of sp³-hybridized carbons (Fsp3) is 0.333. The molecule has 3 aromatic rings. The van der Waals surface area contributed by atoms with Gasteiger partial charge in [0.05, 0.1) is 0 Å². The van der Waals surface area contributed by atoms with Gasteiger partial charge in [0.25, 0.3) is 5.91 Å². The minimum Gasteiger partial charge on any atom is -0.338 e. The number of hydrogen-bond acceptors (Lipinski definition) is 4. The SMILES string of the molecule is O=C(Nc1ccc(CN2CCN(Cc3ccccc3)CC2)cc1)c1cccc(CN2CCCC2=O)c1. The van der Waals surface area contributed by atoms with E-state index in [4.69, 9.17) is 0 Å². The van der Waals surface area contributed by atoms with Gasteiger partial charge in [0.2, 0.25) is 5.91 Å². The van der Waals surface area contributed by atoms with Crippen molar-refractivity contribution in [3.63, 3.8) is 0 Å². The molecule has 2 aliphatic rings. The van der Waals surface area contributed by atoms with Crippen LogP contribution in [0.15, 0.2) is 78.9 Å². The van der Waals surface area contributed by atoms with Crippen LogP contribution in [-0.4, -0.2) is 59.2 Å². The van der Waals surface area contributed by atoms with E-state index in [1.54, 1.807) is 0 Å². The third-order valence-corrected chi connectivity index (χ3v) is 7.07. The van der Waals surface area contributed by atoms with Crippen molar-refractivity contribution in [2.24, 2.45) is 0 Å². The van der Waals surface area contributed by atoms with Crippen molar-refractivity contribution in [1.29, 1.82) is 0 Å². The van der Waals surface area contributed by atoms with Crippen LogP contribution in [0.3, 0.4) is 0 Å². The summed E-state index contributed by atoms with van der Waals surface area (Å²) in [5.41, 5.74) is 5.00. The third-order valence-electron chi connectivity index (χ3n) is 7.07. The molecule has 2 amide bonds. The molecule has 2 fully saturated rings. The van der Waals surface area contributed by atoms with Crippen molar-refractivity contribution in [3.05, 3.63) is 101 Å². The summed E-state index contributed by atoms with van der Waals surface area (Å²) in [7, 11) is 0. The van der Waals surface area contributed by atoms with Gasteiger partial charge in [-0.3, -0.25) is 19.4 Å². The lowest BCUT2D eigenvalue weighted by Gasteiger charge is -2.34. The van der Waals surface area contributed by atoms with Crippen LogP contribution in [0.5, 0.6) is 0 Å². The summed E-state index contributed by atoms with van der Waals surface area (Å²) in [6, 6.07) is 26.4. The van der Waals surface area contributed by atoms with Crippen molar-refractivity contribution in [2.45, 2.75) is 32.5 Å². The molecular formula is C30H34N4O2. The van der Waals surface area contributed by atoms with Gasteiger partial charge in [0.1, 0.15) is 0 Å². The number of anilines is 1. The maximum atomic E-state index is 12.8. The molecule has 1 N–H and O–H groups in total. The second-order valence-electron chi connectivity index (χ2n) is 9.81. The van der Waals surface area contributed by atoms with Crippen molar-refractivity contribution in [1.82, 2.24) is 14.7 Å². The smallest absolute Gasteiger partial charge is 0.255 e. The molecule has 0 saturated carbocycles. The standard InChI is InChI=1S/C30H34N4O2/c35-29-10-5-15-34(29)23-26-8-4-9-27(20-26)30(36)31-28-13-11-25(12-14-28)22-33-18-16-32(17-19-33)21-24-6-2-1-3-7-24/h1-4,6-9,11-14,20H,5,10,15-19,21-23H2,(H,31,36). The number of rotatable bonds is 8. The molecule has 0 radical (unpaired) electrons. The lowest BCUT2D eigenvalue weighted by Crippen LogP contribution is -2.45. The quantitative estimate of drug-likeness (QED) is 0.518. The number of amides is 2. The number of likely N-dealkylation sites (tertiary alicyclic amines) is 1. The summed E-state index contributed by atoms with van der Waals surface area (Å²) >= 11 is 0. The Hall–Kier alpha value is -3.48. The minimum absolute atomic E-state index is 0.133. The first-order valence-corrected chi connectivity index (χ1v) is 12.9. The number of nitrogens with zero attached hydrogens (tertiary/aromatic N) is 3. The lowest BCUT2D eigenvalue weighted by molar-refractivity contribution is -0.128. The molecule has 0 unspecified atom stereocenters. The highest BCUT2D eigenvalue weighted by Gasteiger charge is 2.20. The van der Waals surface area contributed by atoms with E-state index in [0.29, 0.717) is 18.5 Å². The summed E-state index contributed by atoms with van der Waals surface area (Å²) in [6.45, 7) is 7.57. The Morgan fingerprint density at radius 2 is 1.33 bits per heavy atom. The number of carbonyl (C=O) groups is 2. The highest BCUT2D eigenvalue weighted by molar-refractivity contribution is 6.04. The van der Waals surface area contributed by atoms with Crippen LogP contribution < -0.4 is 5.32 Å². The fourth-order valence-electron chi connectivity index (χ4n) is 5.00. The summed E-state index contributed by atoms with van der Waals surface area (Å²) < 4.78 is 0. The minimum atomic E-state index is -0.133. The van der Waals surface area contributed by atoms with Gasteiger partial charge in [-0.15, -0.1) is 0 Å². The molecule has 2 heterocycles. The van der Waals surface area contributed by atoms with E-state index in [1.807, 2.05) is 41.3 Å². The Balaban J connectivity index is 1.10. The third kappa shape index (κ3) is 6.39. The zero-order valence-electron chi connectivity index (χ0n) is 20.7. The lowest BCUT2D eigenvalue weighted by atomic mass is 10.1. The molecule has 0 aromatic heterocycles. The number of hydrogen-bond donors (Lipinski definition) is 1. The van der Waals surface area contributed by atoms with Crippen LogP contribution in [0.4, 0.5) is 5.69 Å². The number of piperazine rings is 1. The normalized spacial score (nSPS) is 16.9. The average Bonchev–Trinajstić information content (AvgIpc) is 3.31. The van der Waals surface area contributed by atoms with E-state index in [9.17, 15) is 9.59 Å². The van der Waals surface area contributed by atoms with Crippen LogP contribution in [-0.2, 0) is 24.4 Å². The van der Waals surface area contributed by atoms with Crippen LogP contribution in [0.1, 0.15) is 39.9 Å². The van der Waals surface area contributed by atoms with Crippen LogP contribution >= 0.6 is 0 Å². The predicted molar refractivity (Wildman–Crippen MR) is 142 cm³/mol. The van der Waals surface area contributed by atoms with E-state index in [0.717, 1.165) is 63.5 Å². The first-order chi connectivity index (χ1) is 17.6. The van der Waals surface area contributed by atoms with E-state index < -0.39 is 0 Å². The van der Waals surface area contributed by atoms with Gasteiger partial charge in [0.15, 0.2) is 0 Å². The fourth-order valence-corrected chi connectivity index (χ4v) is 5.00. The monoisotopic (exact) mass is 482 g/mol. The second-order valence-corrected chi connectivity index (χ2v) is 9.81. The van der Waals surface area contributed by atoms with Crippen molar-refractivity contribution < 1.29 is 9.59 Å². The van der Waals surface area contributed by atoms with Gasteiger partial charge in [-0.2, -0.15) is 0 Å².